The first-order valence-electron chi connectivity index (χ1n) is 11.5. The van der Waals surface area contributed by atoms with E-state index < -0.39 is 0 Å². The third kappa shape index (κ3) is 5.98. The van der Waals surface area contributed by atoms with Gasteiger partial charge in [-0.25, -0.2) is 0 Å². The second kappa shape index (κ2) is 10.8. The van der Waals surface area contributed by atoms with Crippen molar-refractivity contribution in [3.63, 3.8) is 0 Å². The lowest BCUT2D eigenvalue weighted by Gasteiger charge is -2.35. The average Bonchev–Trinajstić information content (AvgIpc) is 2.82. The summed E-state index contributed by atoms with van der Waals surface area (Å²) in [6.45, 7) is 11.4. The minimum atomic E-state index is 0.542. The Morgan fingerprint density at radius 3 is 2.25 bits per heavy atom. The van der Waals surface area contributed by atoms with Gasteiger partial charge in [0.2, 0.25) is 0 Å². The highest BCUT2D eigenvalue weighted by molar-refractivity contribution is 5.67. The summed E-state index contributed by atoms with van der Waals surface area (Å²) >= 11 is 0. The van der Waals surface area contributed by atoms with E-state index in [1.165, 1.54) is 11.5 Å². The van der Waals surface area contributed by atoms with Crippen LogP contribution in [0.25, 0.3) is 11.1 Å². The molecule has 1 fully saturated rings. The Balaban J connectivity index is 1.55. The van der Waals surface area contributed by atoms with Gasteiger partial charge in [-0.2, -0.15) is 0 Å². The summed E-state index contributed by atoms with van der Waals surface area (Å²) in [6.07, 6.45) is 0. The summed E-state index contributed by atoms with van der Waals surface area (Å²) in [5, 5.41) is 0. The molecular formula is C28H34N3O. The summed E-state index contributed by atoms with van der Waals surface area (Å²) in [4.78, 5) is 5.07. The van der Waals surface area contributed by atoms with Crippen molar-refractivity contribution in [2.24, 2.45) is 5.73 Å². The second-order valence-electron chi connectivity index (χ2n) is 8.90. The van der Waals surface area contributed by atoms with Crippen LogP contribution in [-0.4, -0.2) is 42.5 Å². The van der Waals surface area contributed by atoms with Crippen molar-refractivity contribution in [2.75, 3.05) is 32.7 Å². The first-order chi connectivity index (χ1) is 15.6. The molecule has 0 amide bonds. The van der Waals surface area contributed by atoms with Gasteiger partial charge in [0, 0.05) is 51.4 Å². The van der Waals surface area contributed by atoms with Gasteiger partial charge in [0.25, 0.3) is 0 Å². The number of piperazine rings is 1. The zero-order valence-electron chi connectivity index (χ0n) is 19.3. The van der Waals surface area contributed by atoms with Crippen molar-refractivity contribution in [3.8, 4) is 22.6 Å². The Morgan fingerprint density at radius 2 is 1.53 bits per heavy atom. The monoisotopic (exact) mass is 428 g/mol. The SMILES string of the molecule is C[C](C)CN1CCN(Cc2ccc(-c3cccc(CN)c3)cc2Oc2ccccc2)CC1. The molecule has 1 heterocycles. The molecule has 0 bridgehead atoms. The predicted molar refractivity (Wildman–Crippen MR) is 133 cm³/mol. The summed E-state index contributed by atoms with van der Waals surface area (Å²) in [5.41, 5.74) is 10.5. The molecule has 4 nitrogen and oxygen atoms in total. The van der Waals surface area contributed by atoms with Crippen molar-refractivity contribution in [1.82, 2.24) is 9.80 Å². The molecule has 0 unspecified atom stereocenters. The maximum atomic E-state index is 6.38. The highest BCUT2D eigenvalue weighted by Crippen LogP contribution is 2.32. The maximum Gasteiger partial charge on any atom is 0.132 e. The van der Waals surface area contributed by atoms with Crippen LogP contribution in [0.4, 0.5) is 0 Å². The molecule has 0 aliphatic carbocycles. The Kier molecular flexibility index (Phi) is 7.59. The first kappa shape index (κ1) is 22.5. The van der Waals surface area contributed by atoms with E-state index >= 15 is 0 Å². The van der Waals surface area contributed by atoms with Gasteiger partial charge < -0.3 is 15.4 Å². The fourth-order valence-electron chi connectivity index (χ4n) is 4.25. The molecular weight excluding hydrogens is 394 g/mol. The maximum absolute atomic E-state index is 6.38. The largest absolute Gasteiger partial charge is 0.457 e. The van der Waals surface area contributed by atoms with Crippen LogP contribution in [-0.2, 0) is 13.1 Å². The summed E-state index contributed by atoms with van der Waals surface area (Å²) in [6, 6.07) is 25.1. The zero-order chi connectivity index (χ0) is 22.3. The smallest absolute Gasteiger partial charge is 0.132 e. The molecule has 167 valence electrons. The van der Waals surface area contributed by atoms with E-state index in [4.69, 9.17) is 10.5 Å². The number of hydrogen-bond acceptors (Lipinski definition) is 4. The number of benzene rings is 3. The third-order valence-corrected chi connectivity index (χ3v) is 5.93. The first-order valence-corrected chi connectivity index (χ1v) is 11.5. The van der Waals surface area contributed by atoms with E-state index in [2.05, 4.69) is 66.1 Å². The number of rotatable bonds is 8. The van der Waals surface area contributed by atoms with Gasteiger partial charge in [-0.15, -0.1) is 0 Å². The Hall–Kier alpha value is -2.66. The molecule has 0 saturated carbocycles. The number of ether oxygens (including phenoxy) is 1. The number of nitrogens with zero attached hydrogens (tertiary/aromatic N) is 2. The van der Waals surface area contributed by atoms with Crippen LogP contribution < -0.4 is 10.5 Å². The van der Waals surface area contributed by atoms with Crippen molar-refractivity contribution < 1.29 is 4.74 Å². The minimum Gasteiger partial charge on any atom is -0.457 e. The van der Waals surface area contributed by atoms with Crippen LogP contribution in [0.5, 0.6) is 11.5 Å². The zero-order valence-corrected chi connectivity index (χ0v) is 19.3. The fraction of sp³-hybridized carbons (Fsp3) is 0.321. The van der Waals surface area contributed by atoms with Gasteiger partial charge in [-0.1, -0.05) is 62.4 Å². The summed E-state index contributed by atoms with van der Waals surface area (Å²) in [5.74, 6) is 3.26. The van der Waals surface area contributed by atoms with Gasteiger partial charge in [0.05, 0.1) is 0 Å². The lowest BCUT2D eigenvalue weighted by atomic mass is 10.0. The third-order valence-electron chi connectivity index (χ3n) is 5.93. The summed E-state index contributed by atoms with van der Waals surface area (Å²) < 4.78 is 6.38. The molecule has 1 aliphatic rings. The second-order valence-corrected chi connectivity index (χ2v) is 8.90. The Bertz CT molecular complexity index is 995. The molecule has 0 aromatic heterocycles. The Labute approximate surface area is 192 Å². The van der Waals surface area contributed by atoms with Crippen LogP contribution in [0, 0.1) is 5.92 Å². The van der Waals surface area contributed by atoms with E-state index in [0.717, 1.165) is 67.5 Å². The molecule has 0 spiro atoms. The number of hydrogen-bond donors (Lipinski definition) is 1. The van der Waals surface area contributed by atoms with E-state index in [-0.39, 0.29) is 0 Å². The minimum absolute atomic E-state index is 0.542. The molecule has 1 aliphatic heterocycles. The van der Waals surface area contributed by atoms with Crippen molar-refractivity contribution >= 4 is 0 Å². The number of para-hydroxylation sites is 1. The molecule has 4 rings (SSSR count). The number of nitrogens with two attached hydrogens (primary N) is 1. The summed E-state index contributed by atoms with van der Waals surface area (Å²) in [7, 11) is 0. The van der Waals surface area contributed by atoms with Crippen LogP contribution in [0.3, 0.4) is 0 Å². The average molecular weight is 429 g/mol. The topological polar surface area (TPSA) is 41.7 Å². The van der Waals surface area contributed by atoms with E-state index in [0.29, 0.717) is 6.54 Å². The molecule has 1 saturated heterocycles. The molecule has 32 heavy (non-hydrogen) atoms. The van der Waals surface area contributed by atoms with Crippen molar-refractivity contribution in [2.45, 2.75) is 26.9 Å². The molecule has 4 heteroatoms. The van der Waals surface area contributed by atoms with Gasteiger partial charge in [-0.3, -0.25) is 4.90 Å². The molecule has 0 atom stereocenters. The quantitative estimate of drug-likeness (QED) is 0.526. The van der Waals surface area contributed by atoms with E-state index in [1.807, 2.05) is 30.3 Å². The van der Waals surface area contributed by atoms with Gasteiger partial charge in [0.15, 0.2) is 0 Å². The van der Waals surface area contributed by atoms with Crippen LogP contribution in [0.1, 0.15) is 25.0 Å². The molecule has 2 N–H and O–H groups in total. The predicted octanol–water partition coefficient (Wildman–Crippen LogP) is 5.34. The molecule has 3 aromatic carbocycles. The molecule has 1 radical (unpaired) electrons. The molecule has 3 aromatic rings. The van der Waals surface area contributed by atoms with Gasteiger partial charge >= 0.3 is 0 Å². The van der Waals surface area contributed by atoms with Crippen molar-refractivity contribution in [1.29, 1.82) is 0 Å². The lowest BCUT2D eigenvalue weighted by Crippen LogP contribution is -2.46. The van der Waals surface area contributed by atoms with E-state index in [9.17, 15) is 0 Å². The van der Waals surface area contributed by atoms with Crippen molar-refractivity contribution in [3.05, 3.63) is 89.8 Å². The van der Waals surface area contributed by atoms with E-state index in [1.54, 1.807) is 0 Å². The van der Waals surface area contributed by atoms with Crippen LogP contribution >= 0.6 is 0 Å². The highest BCUT2D eigenvalue weighted by atomic mass is 16.5. The standard InChI is InChI=1S/C28H34N3O/c1-22(2)20-30-13-15-31(16-14-30)21-26-12-11-25(24-8-6-7-23(17-24)19-29)18-28(26)32-27-9-4-3-5-10-27/h3-12,17-18H,13-16,19-21,29H2,1-2H3. The normalized spacial score (nSPS) is 15.2. The van der Waals surface area contributed by atoms with Gasteiger partial charge in [-0.05, 0) is 46.9 Å². The fourth-order valence-corrected chi connectivity index (χ4v) is 4.25. The highest BCUT2D eigenvalue weighted by Gasteiger charge is 2.19. The van der Waals surface area contributed by atoms with Gasteiger partial charge in [0.1, 0.15) is 11.5 Å². The Morgan fingerprint density at radius 1 is 0.812 bits per heavy atom. The van der Waals surface area contributed by atoms with Crippen LogP contribution in [0.2, 0.25) is 0 Å². The lowest BCUT2D eigenvalue weighted by molar-refractivity contribution is 0.130. The van der Waals surface area contributed by atoms with Crippen LogP contribution in [0.15, 0.2) is 72.8 Å².